The number of hydrogen-bond donors (Lipinski definition) is 1. The van der Waals surface area contributed by atoms with Gasteiger partial charge in [-0.1, -0.05) is 24.3 Å². The highest BCUT2D eigenvalue weighted by molar-refractivity contribution is 5.50. The number of aromatic nitrogens is 3. The molecule has 2 heterocycles. The van der Waals surface area contributed by atoms with Gasteiger partial charge in [0.15, 0.2) is 5.82 Å². The normalized spacial score (nSPS) is 14.1. The van der Waals surface area contributed by atoms with Crippen LogP contribution in [0.3, 0.4) is 0 Å². The van der Waals surface area contributed by atoms with E-state index in [4.69, 9.17) is 0 Å². The second kappa shape index (κ2) is 8.81. The number of benzene rings is 2. The lowest BCUT2D eigenvalue weighted by molar-refractivity contribution is 0.595. The van der Waals surface area contributed by atoms with Crippen LogP contribution in [0.5, 0.6) is 0 Å². The molecular formula is C21H22F2N6. The van der Waals surface area contributed by atoms with Crippen LogP contribution < -0.4 is 15.1 Å². The fourth-order valence-electron chi connectivity index (χ4n) is 3.38. The third-order valence-electron chi connectivity index (χ3n) is 4.95. The number of rotatable bonds is 6. The molecule has 0 radical (unpaired) electrons. The summed E-state index contributed by atoms with van der Waals surface area (Å²) < 4.78 is 27.0. The highest BCUT2D eigenvalue weighted by Crippen LogP contribution is 2.22. The molecule has 29 heavy (non-hydrogen) atoms. The van der Waals surface area contributed by atoms with Gasteiger partial charge in [-0.25, -0.2) is 8.78 Å². The van der Waals surface area contributed by atoms with Crippen molar-refractivity contribution in [2.45, 2.75) is 6.42 Å². The number of nitrogens with one attached hydrogen (secondary N) is 1. The van der Waals surface area contributed by atoms with Crippen LogP contribution in [-0.2, 0) is 6.42 Å². The summed E-state index contributed by atoms with van der Waals surface area (Å²) in [5.74, 6) is 0.771. The number of halogens is 2. The van der Waals surface area contributed by atoms with Crippen LogP contribution in [0.2, 0.25) is 0 Å². The quantitative estimate of drug-likeness (QED) is 0.691. The van der Waals surface area contributed by atoms with Gasteiger partial charge in [0.2, 0.25) is 5.95 Å². The van der Waals surface area contributed by atoms with Crippen LogP contribution >= 0.6 is 0 Å². The molecule has 0 saturated carbocycles. The van der Waals surface area contributed by atoms with Crippen molar-refractivity contribution in [2.75, 3.05) is 47.8 Å². The molecule has 0 aliphatic carbocycles. The van der Waals surface area contributed by atoms with E-state index in [0.29, 0.717) is 31.3 Å². The van der Waals surface area contributed by atoms with E-state index in [-0.39, 0.29) is 11.6 Å². The molecule has 1 saturated heterocycles. The number of nitrogens with zero attached hydrogens (tertiary/aromatic N) is 5. The molecule has 4 rings (SSSR count). The van der Waals surface area contributed by atoms with E-state index in [1.165, 1.54) is 18.2 Å². The van der Waals surface area contributed by atoms with Crippen molar-refractivity contribution in [3.05, 3.63) is 71.9 Å². The SMILES string of the molecule is Fc1ccc(CCNc2nncc(N3CCN(c4ccccc4F)CC3)n2)cc1. The molecule has 0 bridgehead atoms. The summed E-state index contributed by atoms with van der Waals surface area (Å²) in [6, 6.07) is 13.3. The van der Waals surface area contributed by atoms with E-state index in [1.807, 2.05) is 11.0 Å². The maximum atomic E-state index is 14.0. The first-order chi connectivity index (χ1) is 14.2. The summed E-state index contributed by atoms with van der Waals surface area (Å²) in [6.45, 7) is 3.48. The smallest absolute Gasteiger partial charge is 0.244 e. The Bertz CT molecular complexity index is 942. The van der Waals surface area contributed by atoms with Gasteiger partial charge in [-0.2, -0.15) is 10.1 Å². The van der Waals surface area contributed by atoms with Gasteiger partial charge in [0.05, 0.1) is 11.9 Å². The molecule has 2 aromatic carbocycles. The van der Waals surface area contributed by atoms with Crippen LogP contribution in [-0.4, -0.2) is 47.9 Å². The molecule has 0 amide bonds. The summed E-state index contributed by atoms with van der Waals surface area (Å²) in [7, 11) is 0. The number of hydrogen-bond acceptors (Lipinski definition) is 6. The Morgan fingerprint density at radius 1 is 0.897 bits per heavy atom. The van der Waals surface area contributed by atoms with Gasteiger partial charge in [0, 0.05) is 32.7 Å². The van der Waals surface area contributed by atoms with Crippen molar-refractivity contribution in [2.24, 2.45) is 0 Å². The number of anilines is 3. The molecule has 3 aromatic rings. The van der Waals surface area contributed by atoms with Gasteiger partial charge < -0.3 is 15.1 Å². The summed E-state index contributed by atoms with van der Waals surface area (Å²) in [4.78, 5) is 8.71. The molecular weight excluding hydrogens is 374 g/mol. The van der Waals surface area contributed by atoms with Crippen LogP contribution in [0.1, 0.15) is 5.56 Å². The lowest BCUT2D eigenvalue weighted by Gasteiger charge is -2.36. The van der Waals surface area contributed by atoms with E-state index >= 15 is 0 Å². The van der Waals surface area contributed by atoms with Gasteiger partial charge in [-0.05, 0) is 36.2 Å². The predicted octanol–water partition coefficient (Wildman–Crippen LogP) is 3.13. The van der Waals surface area contributed by atoms with E-state index in [0.717, 1.165) is 30.9 Å². The third-order valence-corrected chi connectivity index (χ3v) is 4.95. The third kappa shape index (κ3) is 4.77. The molecule has 1 aliphatic rings. The molecule has 0 spiro atoms. The summed E-state index contributed by atoms with van der Waals surface area (Å²) in [5, 5.41) is 11.2. The minimum atomic E-state index is -0.239. The Morgan fingerprint density at radius 2 is 1.62 bits per heavy atom. The topological polar surface area (TPSA) is 57.2 Å². The molecule has 0 unspecified atom stereocenters. The second-order valence-electron chi connectivity index (χ2n) is 6.87. The molecule has 150 valence electrons. The van der Waals surface area contributed by atoms with E-state index < -0.39 is 0 Å². The number of para-hydroxylation sites is 1. The van der Waals surface area contributed by atoms with Crippen molar-refractivity contribution >= 4 is 17.5 Å². The first-order valence-electron chi connectivity index (χ1n) is 9.61. The zero-order valence-electron chi connectivity index (χ0n) is 15.9. The summed E-state index contributed by atoms with van der Waals surface area (Å²) >= 11 is 0. The average Bonchev–Trinajstić information content (AvgIpc) is 2.76. The number of piperazine rings is 1. The monoisotopic (exact) mass is 396 g/mol. The minimum Gasteiger partial charge on any atom is -0.366 e. The van der Waals surface area contributed by atoms with Gasteiger partial charge in [0.1, 0.15) is 11.6 Å². The highest BCUT2D eigenvalue weighted by Gasteiger charge is 2.20. The molecule has 1 N–H and O–H groups in total. The molecule has 0 atom stereocenters. The van der Waals surface area contributed by atoms with E-state index in [2.05, 4.69) is 25.4 Å². The maximum absolute atomic E-state index is 14.0. The molecule has 1 fully saturated rings. The maximum Gasteiger partial charge on any atom is 0.244 e. The summed E-state index contributed by atoms with van der Waals surface area (Å²) in [5.41, 5.74) is 1.67. The molecule has 1 aromatic heterocycles. The van der Waals surface area contributed by atoms with Crippen molar-refractivity contribution in [3.8, 4) is 0 Å². The molecule has 6 nitrogen and oxygen atoms in total. The highest BCUT2D eigenvalue weighted by atomic mass is 19.1. The Hall–Kier alpha value is -3.29. The lowest BCUT2D eigenvalue weighted by atomic mass is 10.1. The zero-order valence-corrected chi connectivity index (χ0v) is 15.9. The zero-order chi connectivity index (χ0) is 20.1. The summed E-state index contributed by atoms with van der Waals surface area (Å²) in [6.07, 6.45) is 2.37. The molecule has 8 heteroatoms. The Balaban J connectivity index is 1.32. The van der Waals surface area contributed by atoms with Crippen molar-refractivity contribution < 1.29 is 8.78 Å². The lowest BCUT2D eigenvalue weighted by Crippen LogP contribution is -2.47. The van der Waals surface area contributed by atoms with Crippen molar-refractivity contribution in [1.82, 2.24) is 15.2 Å². The largest absolute Gasteiger partial charge is 0.366 e. The van der Waals surface area contributed by atoms with Crippen LogP contribution in [0.4, 0.5) is 26.2 Å². The Morgan fingerprint density at radius 3 is 2.38 bits per heavy atom. The average molecular weight is 396 g/mol. The van der Waals surface area contributed by atoms with Gasteiger partial charge in [-0.15, -0.1) is 5.10 Å². The van der Waals surface area contributed by atoms with Crippen LogP contribution in [0, 0.1) is 11.6 Å². The fraction of sp³-hybridized carbons (Fsp3) is 0.286. The van der Waals surface area contributed by atoms with E-state index in [9.17, 15) is 8.78 Å². The Kier molecular flexibility index (Phi) is 5.79. The van der Waals surface area contributed by atoms with E-state index in [1.54, 1.807) is 30.5 Å². The van der Waals surface area contributed by atoms with Crippen molar-refractivity contribution in [1.29, 1.82) is 0 Å². The standard InChI is InChI=1S/C21H22F2N6/c22-17-7-5-16(6-8-17)9-10-24-21-26-20(15-25-27-21)29-13-11-28(12-14-29)19-4-2-1-3-18(19)23/h1-8,15H,9-14H2,(H,24,26,27). The van der Waals surface area contributed by atoms with Gasteiger partial charge in [0.25, 0.3) is 0 Å². The molecule has 1 aliphatic heterocycles. The van der Waals surface area contributed by atoms with Crippen molar-refractivity contribution in [3.63, 3.8) is 0 Å². The predicted molar refractivity (Wildman–Crippen MR) is 109 cm³/mol. The Labute approximate surface area is 168 Å². The first-order valence-corrected chi connectivity index (χ1v) is 9.61. The van der Waals surface area contributed by atoms with Gasteiger partial charge >= 0.3 is 0 Å². The fourth-order valence-corrected chi connectivity index (χ4v) is 3.38. The van der Waals surface area contributed by atoms with Crippen LogP contribution in [0.15, 0.2) is 54.7 Å². The first kappa shape index (κ1) is 19.0. The minimum absolute atomic E-state index is 0.197. The van der Waals surface area contributed by atoms with Crippen LogP contribution in [0.25, 0.3) is 0 Å². The second-order valence-corrected chi connectivity index (χ2v) is 6.87. The van der Waals surface area contributed by atoms with Gasteiger partial charge in [-0.3, -0.25) is 0 Å².